The fourth-order valence-electron chi connectivity index (χ4n) is 2.70. The molecule has 1 atom stereocenters. The maximum absolute atomic E-state index is 11.6. The Kier molecular flexibility index (Phi) is 2.46. The van der Waals surface area contributed by atoms with Crippen LogP contribution in [0.15, 0.2) is 10.9 Å². The zero-order valence-corrected chi connectivity index (χ0v) is 9.93. The highest BCUT2D eigenvalue weighted by atomic mass is 16.2. The van der Waals surface area contributed by atoms with E-state index in [0.717, 1.165) is 13.0 Å². The molecule has 7 nitrogen and oxygen atoms in total. The minimum absolute atomic E-state index is 0.127. The van der Waals surface area contributed by atoms with E-state index in [0.29, 0.717) is 25.3 Å². The lowest BCUT2D eigenvalue weighted by Crippen LogP contribution is -2.51. The number of rotatable bonds is 1. The Morgan fingerprint density at radius 1 is 1.39 bits per heavy atom. The third-order valence-electron chi connectivity index (χ3n) is 3.56. The predicted molar refractivity (Wildman–Crippen MR) is 66.2 cm³/mol. The lowest BCUT2D eigenvalue weighted by Gasteiger charge is -2.38. The second kappa shape index (κ2) is 4.01. The minimum atomic E-state index is -0.248. The van der Waals surface area contributed by atoms with Crippen LogP contribution < -0.4 is 16.2 Å². The van der Waals surface area contributed by atoms with Crippen LogP contribution in [0.25, 0.3) is 0 Å². The van der Waals surface area contributed by atoms with E-state index >= 15 is 0 Å². The van der Waals surface area contributed by atoms with Crippen LogP contribution in [0.1, 0.15) is 12.8 Å². The number of aromatic amines is 1. The number of anilines is 2. The number of nitrogens with zero attached hydrogens (tertiary/aromatic N) is 3. The third kappa shape index (κ3) is 1.81. The Labute approximate surface area is 104 Å². The number of piperazine rings is 1. The highest BCUT2D eigenvalue weighted by Crippen LogP contribution is 2.24. The smallest absolute Gasteiger partial charge is 0.254 e. The van der Waals surface area contributed by atoms with Gasteiger partial charge in [-0.2, -0.15) is 4.98 Å². The molecule has 2 aliphatic heterocycles. The molecule has 1 aromatic rings. The largest absolute Gasteiger partial charge is 0.369 e. The fourth-order valence-corrected chi connectivity index (χ4v) is 2.70. The van der Waals surface area contributed by atoms with Gasteiger partial charge in [0, 0.05) is 38.2 Å². The van der Waals surface area contributed by atoms with E-state index in [1.165, 1.54) is 6.07 Å². The van der Waals surface area contributed by atoms with E-state index in [1.54, 1.807) is 0 Å². The van der Waals surface area contributed by atoms with Crippen molar-refractivity contribution < 1.29 is 4.79 Å². The molecule has 96 valence electrons. The molecule has 2 saturated heterocycles. The van der Waals surface area contributed by atoms with Crippen molar-refractivity contribution in [2.45, 2.75) is 18.9 Å². The lowest BCUT2D eigenvalue weighted by molar-refractivity contribution is -0.129. The van der Waals surface area contributed by atoms with Crippen LogP contribution in [0.3, 0.4) is 0 Å². The minimum Gasteiger partial charge on any atom is -0.369 e. The standard InChI is InChI=1S/C11H15N5O2/c12-11-13-8(5-9(17)14-11)15-3-4-16-7(6-15)1-2-10(16)18/h5,7H,1-4,6H2,(H3,12,13,14,17). The maximum Gasteiger partial charge on any atom is 0.254 e. The first-order valence-electron chi connectivity index (χ1n) is 6.05. The van der Waals surface area contributed by atoms with Crippen molar-refractivity contribution in [3.8, 4) is 0 Å². The second-order valence-corrected chi connectivity index (χ2v) is 4.71. The number of amides is 1. The Morgan fingerprint density at radius 3 is 3.00 bits per heavy atom. The lowest BCUT2D eigenvalue weighted by atomic mass is 10.1. The van der Waals surface area contributed by atoms with Gasteiger partial charge < -0.3 is 15.5 Å². The number of nitrogens with two attached hydrogens (primary N) is 1. The van der Waals surface area contributed by atoms with Gasteiger partial charge in [0.2, 0.25) is 11.9 Å². The van der Waals surface area contributed by atoms with E-state index in [9.17, 15) is 9.59 Å². The first-order chi connectivity index (χ1) is 8.63. The molecule has 7 heteroatoms. The van der Waals surface area contributed by atoms with Crippen molar-refractivity contribution in [2.24, 2.45) is 0 Å². The number of hydrogen-bond acceptors (Lipinski definition) is 5. The van der Waals surface area contributed by atoms with Crippen molar-refractivity contribution >= 4 is 17.7 Å². The zero-order chi connectivity index (χ0) is 12.7. The maximum atomic E-state index is 11.6. The summed E-state index contributed by atoms with van der Waals surface area (Å²) in [4.78, 5) is 33.4. The van der Waals surface area contributed by atoms with Crippen LogP contribution in [-0.2, 0) is 4.79 Å². The van der Waals surface area contributed by atoms with Gasteiger partial charge in [0.15, 0.2) is 0 Å². The van der Waals surface area contributed by atoms with Crippen molar-refractivity contribution in [3.05, 3.63) is 16.4 Å². The molecular weight excluding hydrogens is 234 g/mol. The van der Waals surface area contributed by atoms with Gasteiger partial charge in [0.25, 0.3) is 5.56 Å². The molecule has 2 aliphatic rings. The fraction of sp³-hybridized carbons (Fsp3) is 0.545. The number of hydrogen-bond donors (Lipinski definition) is 2. The number of fused-ring (bicyclic) bond motifs is 1. The molecule has 1 aromatic heterocycles. The monoisotopic (exact) mass is 249 g/mol. The van der Waals surface area contributed by atoms with Crippen molar-refractivity contribution in [2.75, 3.05) is 30.3 Å². The third-order valence-corrected chi connectivity index (χ3v) is 3.56. The molecular formula is C11H15N5O2. The molecule has 0 spiro atoms. The van der Waals surface area contributed by atoms with E-state index in [4.69, 9.17) is 5.73 Å². The molecule has 0 aliphatic carbocycles. The topological polar surface area (TPSA) is 95.3 Å². The number of nitrogens with one attached hydrogen (secondary N) is 1. The Hall–Kier alpha value is -2.05. The van der Waals surface area contributed by atoms with Crippen LogP contribution >= 0.6 is 0 Å². The van der Waals surface area contributed by atoms with E-state index in [1.807, 2.05) is 9.80 Å². The van der Waals surface area contributed by atoms with Crippen molar-refractivity contribution in [1.82, 2.24) is 14.9 Å². The van der Waals surface area contributed by atoms with Gasteiger partial charge in [-0.05, 0) is 6.42 Å². The average molecular weight is 249 g/mol. The summed E-state index contributed by atoms with van der Waals surface area (Å²) in [6, 6.07) is 1.69. The van der Waals surface area contributed by atoms with Gasteiger partial charge in [-0.15, -0.1) is 0 Å². The van der Waals surface area contributed by atoms with Crippen LogP contribution in [0, 0.1) is 0 Å². The molecule has 0 saturated carbocycles. The molecule has 1 unspecified atom stereocenters. The highest BCUT2D eigenvalue weighted by molar-refractivity contribution is 5.79. The zero-order valence-electron chi connectivity index (χ0n) is 9.93. The molecule has 0 bridgehead atoms. The van der Waals surface area contributed by atoms with Gasteiger partial charge >= 0.3 is 0 Å². The van der Waals surface area contributed by atoms with Gasteiger partial charge in [0.1, 0.15) is 5.82 Å². The molecule has 0 aromatic carbocycles. The summed E-state index contributed by atoms with van der Waals surface area (Å²) in [5.74, 6) is 0.954. The van der Waals surface area contributed by atoms with Crippen molar-refractivity contribution in [1.29, 1.82) is 0 Å². The molecule has 3 N–H and O–H groups in total. The first-order valence-corrected chi connectivity index (χ1v) is 6.05. The summed E-state index contributed by atoms with van der Waals surface area (Å²) in [5.41, 5.74) is 5.29. The van der Waals surface area contributed by atoms with Crippen LogP contribution in [0.4, 0.5) is 11.8 Å². The second-order valence-electron chi connectivity index (χ2n) is 4.71. The molecule has 1 amide bonds. The van der Waals surface area contributed by atoms with Crippen LogP contribution in [0.5, 0.6) is 0 Å². The van der Waals surface area contributed by atoms with Crippen LogP contribution in [-0.4, -0.2) is 46.5 Å². The average Bonchev–Trinajstić information content (AvgIpc) is 2.69. The van der Waals surface area contributed by atoms with Gasteiger partial charge in [0.05, 0.1) is 0 Å². The quantitative estimate of drug-likeness (QED) is 0.677. The van der Waals surface area contributed by atoms with Gasteiger partial charge in [-0.3, -0.25) is 14.6 Å². The van der Waals surface area contributed by atoms with Gasteiger partial charge in [-0.1, -0.05) is 0 Å². The summed E-state index contributed by atoms with van der Waals surface area (Å²) in [6.45, 7) is 2.11. The summed E-state index contributed by atoms with van der Waals surface area (Å²) in [6.07, 6.45) is 1.51. The van der Waals surface area contributed by atoms with Crippen LogP contribution in [0.2, 0.25) is 0 Å². The number of carbonyl (C=O) groups excluding carboxylic acids is 1. The Balaban J connectivity index is 1.82. The number of carbonyl (C=O) groups is 1. The molecule has 18 heavy (non-hydrogen) atoms. The number of nitrogen functional groups attached to an aromatic ring is 1. The normalized spacial score (nSPS) is 23.3. The van der Waals surface area contributed by atoms with E-state index < -0.39 is 0 Å². The Morgan fingerprint density at radius 2 is 2.22 bits per heavy atom. The van der Waals surface area contributed by atoms with Gasteiger partial charge in [-0.25, -0.2) is 0 Å². The highest BCUT2D eigenvalue weighted by Gasteiger charge is 2.35. The molecule has 2 fully saturated rings. The number of H-pyrrole nitrogens is 1. The molecule has 3 rings (SSSR count). The van der Waals surface area contributed by atoms with Crippen molar-refractivity contribution in [3.63, 3.8) is 0 Å². The first kappa shape index (κ1) is 11.1. The SMILES string of the molecule is Nc1nc(N2CCN3C(=O)CCC3C2)cc(=O)[nH]1. The summed E-state index contributed by atoms with van der Waals surface area (Å²) < 4.78 is 0. The predicted octanol–water partition coefficient (Wildman–Crippen LogP) is -0.837. The van der Waals surface area contributed by atoms with E-state index in [2.05, 4.69) is 9.97 Å². The molecule has 0 radical (unpaired) electrons. The number of aromatic nitrogens is 2. The van der Waals surface area contributed by atoms with E-state index in [-0.39, 0.29) is 23.5 Å². The summed E-state index contributed by atoms with van der Waals surface area (Å²) in [5, 5.41) is 0. The Bertz CT molecular complexity index is 540. The summed E-state index contributed by atoms with van der Waals surface area (Å²) in [7, 11) is 0. The molecule has 3 heterocycles. The summed E-state index contributed by atoms with van der Waals surface area (Å²) >= 11 is 0.